The third-order valence-electron chi connectivity index (χ3n) is 2.83. The SMILES string of the molecule is O=Cc1cc(I)ccc1-c1cc2ccccc2o1. The van der Waals surface area contributed by atoms with Gasteiger partial charge in [0, 0.05) is 20.1 Å². The van der Waals surface area contributed by atoms with Crippen molar-refractivity contribution in [1.82, 2.24) is 0 Å². The van der Waals surface area contributed by atoms with Crippen molar-refractivity contribution < 1.29 is 9.21 Å². The third kappa shape index (κ3) is 1.95. The molecule has 0 radical (unpaired) electrons. The quantitative estimate of drug-likeness (QED) is 0.504. The molecule has 0 amide bonds. The number of fused-ring (bicyclic) bond motifs is 1. The van der Waals surface area contributed by atoms with Crippen LogP contribution in [0, 0.1) is 3.57 Å². The van der Waals surface area contributed by atoms with Crippen molar-refractivity contribution >= 4 is 39.8 Å². The molecule has 0 spiro atoms. The highest BCUT2D eigenvalue weighted by atomic mass is 127. The Labute approximate surface area is 118 Å². The zero-order valence-electron chi connectivity index (χ0n) is 9.39. The number of hydrogen-bond acceptors (Lipinski definition) is 2. The molecule has 0 aliphatic carbocycles. The number of benzene rings is 2. The summed E-state index contributed by atoms with van der Waals surface area (Å²) in [6.07, 6.45) is 0.866. The second-order valence-corrected chi connectivity index (χ2v) is 5.24. The summed E-state index contributed by atoms with van der Waals surface area (Å²) < 4.78 is 6.81. The molecule has 2 aromatic carbocycles. The van der Waals surface area contributed by atoms with Crippen molar-refractivity contribution in [3.63, 3.8) is 0 Å². The maximum Gasteiger partial charge on any atom is 0.150 e. The van der Waals surface area contributed by atoms with Gasteiger partial charge in [-0.15, -0.1) is 0 Å². The number of halogens is 1. The summed E-state index contributed by atoms with van der Waals surface area (Å²) in [6.45, 7) is 0. The molecular weight excluding hydrogens is 339 g/mol. The Hall–Kier alpha value is -1.62. The molecule has 0 unspecified atom stereocenters. The van der Waals surface area contributed by atoms with Gasteiger partial charge in [-0.3, -0.25) is 4.79 Å². The molecule has 88 valence electrons. The maximum absolute atomic E-state index is 11.1. The predicted molar refractivity (Wildman–Crippen MR) is 79.8 cm³/mol. The number of carbonyl (C=O) groups excluding carboxylic acids is 1. The fraction of sp³-hybridized carbons (Fsp3) is 0. The van der Waals surface area contributed by atoms with Gasteiger partial charge in [-0.1, -0.05) is 18.2 Å². The second kappa shape index (κ2) is 4.57. The van der Waals surface area contributed by atoms with Crippen LogP contribution in [0.15, 0.2) is 52.9 Å². The van der Waals surface area contributed by atoms with E-state index in [4.69, 9.17) is 4.42 Å². The summed E-state index contributed by atoms with van der Waals surface area (Å²) in [7, 11) is 0. The van der Waals surface area contributed by atoms with Crippen molar-refractivity contribution in [1.29, 1.82) is 0 Å². The molecule has 0 saturated carbocycles. The topological polar surface area (TPSA) is 30.2 Å². The standard InChI is InChI=1S/C15H9IO2/c16-12-5-6-13(11(7-12)9-17)15-8-10-3-1-2-4-14(10)18-15/h1-9H. The Morgan fingerprint density at radius 1 is 1.06 bits per heavy atom. The minimum absolute atomic E-state index is 0.654. The summed E-state index contributed by atoms with van der Waals surface area (Å²) in [5, 5.41) is 1.04. The Balaban J connectivity index is 2.22. The van der Waals surface area contributed by atoms with Crippen molar-refractivity contribution in [3.8, 4) is 11.3 Å². The smallest absolute Gasteiger partial charge is 0.150 e. The lowest BCUT2D eigenvalue weighted by molar-refractivity contribution is 0.112. The minimum Gasteiger partial charge on any atom is -0.456 e. The zero-order chi connectivity index (χ0) is 12.5. The lowest BCUT2D eigenvalue weighted by atomic mass is 10.1. The molecule has 0 N–H and O–H groups in total. The zero-order valence-corrected chi connectivity index (χ0v) is 11.5. The van der Waals surface area contributed by atoms with Crippen LogP contribution in [0.3, 0.4) is 0 Å². The van der Waals surface area contributed by atoms with Crippen LogP contribution in [0.25, 0.3) is 22.3 Å². The lowest BCUT2D eigenvalue weighted by Crippen LogP contribution is -1.87. The first-order chi connectivity index (χ1) is 8.78. The summed E-state index contributed by atoms with van der Waals surface area (Å²) in [5.41, 5.74) is 2.32. The van der Waals surface area contributed by atoms with Crippen LogP contribution in [0.2, 0.25) is 0 Å². The number of para-hydroxylation sites is 1. The molecule has 2 nitrogen and oxygen atoms in total. The highest BCUT2D eigenvalue weighted by Gasteiger charge is 2.10. The number of carbonyl (C=O) groups is 1. The van der Waals surface area contributed by atoms with Crippen LogP contribution < -0.4 is 0 Å². The highest BCUT2D eigenvalue weighted by Crippen LogP contribution is 2.30. The van der Waals surface area contributed by atoms with Gasteiger partial charge in [0.15, 0.2) is 6.29 Å². The van der Waals surface area contributed by atoms with Gasteiger partial charge in [-0.25, -0.2) is 0 Å². The molecule has 0 saturated heterocycles. The van der Waals surface area contributed by atoms with Gasteiger partial charge >= 0.3 is 0 Å². The van der Waals surface area contributed by atoms with Crippen LogP contribution >= 0.6 is 22.6 Å². The molecule has 18 heavy (non-hydrogen) atoms. The van der Waals surface area contributed by atoms with E-state index in [-0.39, 0.29) is 0 Å². The van der Waals surface area contributed by atoms with Gasteiger partial charge in [-0.2, -0.15) is 0 Å². The summed E-state index contributed by atoms with van der Waals surface area (Å²) in [6, 6.07) is 15.5. The van der Waals surface area contributed by atoms with Crippen molar-refractivity contribution in [2.24, 2.45) is 0 Å². The minimum atomic E-state index is 0.654. The van der Waals surface area contributed by atoms with Crippen molar-refractivity contribution in [2.75, 3.05) is 0 Å². The number of hydrogen-bond donors (Lipinski definition) is 0. The highest BCUT2D eigenvalue weighted by molar-refractivity contribution is 14.1. The van der Waals surface area contributed by atoms with Gasteiger partial charge in [0.05, 0.1) is 0 Å². The predicted octanol–water partition coefficient (Wildman–Crippen LogP) is 4.52. The van der Waals surface area contributed by atoms with E-state index in [1.165, 1.54) is 0 Å². The van der Waals surface area contributed by atoms with Gasteiger partial charge in [-0.05, 0) is 52.9 Å². The first-order valence-electron chi connectivity index (χ1n) is 5.51. The Kier molecular flexibility index (Phi) is 2.91. The fourth-order valence-electron chi connectivity index (χ4n) is 1.97. The molecule has 0 atom stereocenters. The van der Waals surface area contributed by atoms with E-state index in [1.807, 2.05) is 48.5 Å². The van der Waals surface area contributed by atoms with E-state index in [9.17, 15) is 4.79 Å². The van der Waals surface area contributed by atoms with Crippen LogP contribution in [-0.4, -0.2) is 6.29 Å². The fourth-order valence-corrected chi connectivity index (χ4v) is 2.49. The molecule has 1 aromatic heterocycles. The maximum atomic E-state index is 11.1. The summed E-state index contributed by atoms with van der Waals surface area (Å²) >= 11 is 2.19. The monoisotopic (exact) mass is 348 g/mol. The van der Waals surface area contributed by atoms with Crippen molar-refractivity contribution in [2.45, 2.75) is 0 Å². The molecule has 0 bridgehead atoms. The molecule has 0 aliphatic rings. The Bertz CT molecular complexity index is 695. The molecule has 3 heteroatoms. The van der Waals surface area contributed by atoms with Gasteiger partial charge in [0.1, 0.15) is 11.3 Å². The first-order valence-corrected chi connectivity index (χ1v) is 6.59. The van der Waals surface area contributed by atoms with E-state index in [0.29, 0.717) is 5.56 Å². The van der Waals surface area contributed by atoms with Gasteiger partial charge < -0.3 is 4.42 Å². The molecule has 0 aliphatic heterocycles. The first kappa shape index (κ1) is 11.5. The lowest BCUT2D eigenvalue weighted by Gasteiger charge is -2.01. The average molecular weight is 348 g/mol. The molecular formula is C15H9IO2. The largest absolute Gasteiger partial charge is 0.456 e. The van der Waals surface area contributed by atoms with Crippen molar-refractivity contribution in [3.05, 3.63) is 57.7 Å². The van der Waals surface area contributed by atoms with E-state index in [0.717, 1.165) is 32.1 Å². The van der Waals surface area contributed by atoms with E-state index in [1.54, 1.807) is 0 Å². The van der Waals surface area contributed by atoms with Crippen LogP contribution in [0.1, 0.15) is 10.4 Å². The number of rotatable bonds is 2. The third-order valence-corrected chi connectivity index (χ3v) is 3.50. The van der Waals surface area contributed by atoms with Crippen LogP contribution in [0.4, 0.5) is 0 Å². The second-order valence-electron chi connectivity index (χ2n) is 4.00. The normalized spacial score (nSPS) is 10.7. The van der Waals surface area contributed by atoms with Crippen LogP contribution in [-0.2, 0) is 0 Å². The van der Waals surface area contributed by atoms with Gasteiger partial charge in [0.25, 0.3) is 0 Å². The van der Waals surface area contributed by atoms with E-state index < -0.39 is 0 Å². The Morgan fingerprint density at radius 3 is 2.67 bits per heavy atom. The molecule has 0 fully saturated rings. The van der Waals surface area contributed by atoms with E-state index in [2.05, 4.69) is 22.6 Å². The Morgan fingerprint density at radius 2 is 1.89 bits per heavy atom. The van der Waals surface area contributed by atoms with Crippen LogP contribution in [0.5, 0.6) is 0 Å². The number of aldehydes is 1. The molecule has 3 rings (SSSR count). The molecule has 1 heterocycles. The summed E-state index contributed by atoms with van der Waals surface area (Å²) in [4.78, 5) is 11.1. The average Bonchev–Trinajstić information content (AvgIpc) is 2.82. The summed E-state index contributed by atoms with van der Waals surface area (Å²) in [5.74, 6) is 0.731. The van der Waals surface area contributed by atoms with E-state index >= 15 is 0 Å². The van der Waals surface area contributed by atoms with Gasteiger partial charge in [0.2, 0.25) is 0 Å². The number of furan rings is 1. The molecule has 3 aromatic rings.